The minimum Gasteiger partial charge on any atom is -0.367 e. The molecule has 0 aromatic carbocycles. The maximum absolute atomic E-state index is 4.62. The van der Waals surface area contributed by atoms with Crippen LogP contribution in [0.3, 0.4) is 0 Å². The summed E-state index contributed by atoms with van der Waals surface area (Å²) < 4.78 is 0. The van der Waals surface area contributed by atoms with Gasteiger partial charge in [0, 0.05) is 51.2 Å². The van der Waals surface area contributed by atoms with E-state index in [1.807, 2.05) is 44.2 Å². The van der Waals surface area contributed by atoms with Gasteiger partial charge in [-0.05, 0) is 25.8 Å². The molecule has 3 rings (SSSR count). The second-order valence-corrected chi connectivity index (χ2v) is 6.06. The van der Waals surface area contributed by atoms with E-state index in [1.165, 1.54) is 0 Å². The lowest BCUT2D eigenvalue weighted by Crippen LogP contribution is -2.39. The zero-order chi connectivity index (χ0) is 16.2. The highest BCUT2D eigenvalue weighted by Crippen LogP contribution is 2.21. The van der Waals surface area contributed by atoms with E-state index >= 15 is 0 Å². The van der Waals surface area contributed by atoms with Crippen molar-refractivity contribution in [3.8, 4) is 0 Å². The molecule has 0 atom stereocenters. The summed E-state index contributed by atoms with van der Waals surface area (Å²) in [7, 11) is 3.91. The van der Waals surface area contributed by atoms with Gasteiger partial charge in [-0.2, -0.15) is 4.98 Å². The van der Waals surface area contributed by atoms with Gasteiger partial charge in [0.15, 0.2) is 0 Å². The molecule has 1 aliphatic rings. The molecule has 0 unspecified atom stereocenters. The minimum absolute atomic E-state index is 0.440. The molecule has 0 amide bonds. The van der Waals surface area contributed by atoms with E-state index in [0.29, 0.717) is 6.04 Å². The Morgan fingerprint density at radius 2 is 1.96 bits per heavy atom. The molecule has 1 saturated heterocycles. The number of nitrogens with zero attached hydrogens (tertiary/aromatic N) is 6. The molecule has 0 saturated carbocycles. The molecular formula is C16H23N7. The van der Waals surface area contributed by atoms with Gasteiger partial charge in [0.05, 0.1) is 0 Å². The molecule has 1 N–H and O–H groups in total. The predicted octanol–water partition coefficient (Wildman–Crippen LogP) is 1.72. The summed E-state index contributed by atoms with van der Waals surface area (Å²) in [5.41, 5.74) is 0.983. The Kier molecular flexibility index (Phi) is 4.55. The van der Waals surface area contributed by atoms with Crippen molar-refractivity contribution in [1.82, 2.24) is 19.9 Å². The molecule has 122 valence electrons. The van der Waals surface area contributed by atoms with E-state index < -0.39 is 0 Å². The van der Waals surface area contributed by atoms with E-state index in [4.69, 9.17) is 0 Å². The van der Waals surface area contributed by atoms with E-state index in [2.05, 4.69) is 30.2 Å². The number of rotatable bonds is 4. The van der Waals surface area contributed by atoms with Crippen molar-refractivity contribution in [2.75, 3.05) is 42.3 Å². The van der Waals surface area contributed by atoms with Crippen LogP contribution in [-0.2, 0) is 0 Å². The van der Waals surface area contributed by atoms with Crippen molar-refractivity contribution in [3.05, 3.63) is 30.4 Å². The van der Waals surface area contributed by atoms with Crippen LogP contribution in [0.15, 0.2) is 24.7 Å². The fraction of sp³-hybridized carbons (Fsp3) is 0.500. The molecule has 1 aliphatic heterocycles. The van der Waals surface area contributed by atoms with Gasteiger partial charge in [-0.1, -0.05) is 0 Å². The number of aromatic nitrogens is 4. The maximum Gasteiger partial charge on any atom is 0.226 e. The Balaban J connectivity index is 1.59. The van der Waals surface area contributed by atoms with E-state index in [1.54, 1.807) is 6.33 Å². The standard InChI is InChI=1S/C16H23N7/c1-12-10-14(19-11-18-12)20-13-5-8-23(9-6-13)15-4-7-17-16(21-15)22(2)3/h4,7,10-11,13H,5-6,8-9H2,1-3H3,(H,18,19,20). The number of hydrogen-bond acceptors (Lipinski definition) is 7. The average Bonchev–Trinajstić information content (AvgIpc) is 2.56. The van der Waals surface area contributed by atoms with Gasteiger partial charge < -0.3 is 15.1 Å². The van der Waals surface area contributed by atoms with Gasteiger partial charge >= 0.3 is 0 Å². The van der Waals surface area contributed by atoms with Crippen molar-refractivity contribution in [2.24, 2.45) is 0 Å². The van der Waals surface area contributed by atoms with Crippen molar-refractivity contribution >= 4 is 17.6 Å². The normalized spacial score (nSPS) is 15.5. The zero-order valence-corrected chi connectivity index (χ0v) is 13.9. The summed E-state index contributed by atoms with van der Waals surface area (Å²) in [5, 5.41) is 3.50. The van der Waals surface area contributed by atoms with Crippen LogP contribution in [0, 0.1) is 6.92 Å². The van der Waals surface area contributed by atoms with Gasteiger partial charge in [0.1, 0.15) is 18.0 Å². The van der Waals surface area contributed by atoms with E-state index in [0.717, 1.165) is 49.2 Å². The SMILES string of the molecule is Cc1cc(NC2CCN(c3ccnc(N(C)C)n3)CC2)ncn1. The Labute approximate surface area is 136 Å². The van der Waals surface area contributed by atoms with Crippen LogP contribution in [0.4, 0.5) is 17.6 Å². The molecule has 2 aromatic heterocycles. The third kappa shape index (κ3) is 3.85. The van der Waals surface area contributed by atoms with Gasteiger partial charge in [0.25, 0.3) is 0 Å². The molecule has 7 nitrogen and oxygen atoms in total. The molecule has 2 aromatic rings. The number of piperidine rings is 1. The minimum atomic E-state index is 0.440. The lowest BCUT2D eigenvalue weighted by atomic mass is 10.1. The summed E-state index contributed by atoms with van der Waals surface area (Å²) in [4.78, 5) is 21.5. The first-order valence-electron chi connectivity index (χ1n) is 7.92. The first kappa shape index (κ1) is 15.5. The second kappa shape index (κ2) is 6.76. The quantitative estimate of drug-likeness (QED) is 0.921. The molecule has 0 aliphatic carbocycles. The predicted molar refractivity (Wildman–Crippen MR) is 92.0 cm³/mol. The maximum atomic E-state index is 4.62. The van der Waals surface area contributed by atoms with Crippen LogP contribution < -0.4 is 15.1 Å². The molecule has 3 heterocycles. The highest BCUT2D eigenvalue weighted by atomic mass is 15.3. The second-order valence-electron chi connectivity index (χ2n) is 6.06. The van der Waals surface area contributed by atoms with Crippen LogP contribution in [-0.4, -0.2) is 53.2 Å². The Morgan fingerprint density at radius 3 is 2.65 bits per heavy atom. The van der Waals surface area contributed by atoms with Gasteiger partial charge in [0.2, 0.25) is 5.95 Å². The van der Waals surface area contributed by atoms with Crippen molar-refractivity contribution < 1.29 is 0 Å². The lowest BCUT2D eigenvalue weighted by molar-refractivity contribution is 0.522. The smallest absolute Gasteiger partial charge is 0.226 e. The fourth-order valence-electron chi connectivity index (χ4n) is 2.73. The topological polar surface area (TPSA) is 70.1 Å². The van der Waals surface area contributed by atoms with E-state index in [-0.39, 0.29) is 0 Å². The molecule has 1 fully saturated rings. The third-order valence-electron chi connectivity index (χ3n) is 4.00. The summed E-state index contributed by atoms with van der Waals surface area (Å²) in [6, 6.07) is 4.41. The first-order chi connectivity index (χ1) is 11.1. The molecule has 0 bridgehead atoms. The summed E-state index contributed by atoms with van der Waals surface area (Å²) in [5.74, 6) is 2.66. The van der Waals surface area contributed by atoms with Crippen molar-refractivity contribution in [3.63, 3.8) is 0 Å². The van der Waals surface area contributed by atoms with Crippen LogP contribution in [0.1, 0.15) is 18.5 Å². The van der Waals surface area contributed by atoms with E-state index in [9.17, 15) is 0 Å². The van der Waals surface area contributed by atoms with Crippen molar-refractivity contribution in [1.29, 1.82) is 0 Å². The molecule has 0 spiro atoms. The van der Waals surface area contributed by atoms with Crippen LogP contribution >= 0.6 is 0 Å². The van der Waals surface area contributed by atoms with Gasteiger partial charge in [-0.15, -0.1) is 0 Å². The third-order valence-corrected chi connectivity index (χ3v) is 4.00. The summed E-state index contributed by atoms with van der Waals surface area (Å²) in [6.07, 6.45) is 5.55. The number of nitrogens with one attached hydrogen (secondary N) is 1. The van der Waals surface area contributed by atoms with Gasteiger partial charge in [-0.25, -0.2) is 15.0 Å². The molecular weight excluding hydrogens is 290 g/mol. The van der Waals surface area contributed by atoms with Crippen LogP contribution in [0.25, 0.3) is 0 Å². The number of hydrogen-bond donors (Lipinski definition) is 1. The molecule has 0 radical (unpaired) electrons. The Morgan fingerprint density at radius 1 is 1.17 bits per heavy atom. The number of aryl methyl sites for hydroxylation is 1. The Bertz CT molecular complexity index is 650. The molecule has 23 heavy (non-hydrogen) atoms. The summed E-state index contributed by atoms with van der Waals surface area (Å²) in [6.45, 7) is 3.93. The highest BCUT2D eigenvalue weighted by molar-refractivity contribution is 5.44. The average molecular weight is 313 g/mol. The summed E-state index contributed by atoms with van der Waals surface area (Å²) >= 11 is 0. The highest BCUT2D eigenvalue weighted by Gasteiger charge is 2.20. The van der Waals surface area contributed by atoms with Gasteiger partial charge in [-0.3, -0.25) is 0 Å². The molecule has 7 heteroatoms. The first-order valence-corrected chi connectivity index (χ1v) is 7.92. The van der Waals surface area contributed by atoms with Crippen LogP contribution in [0.2, 0.25) is 0 Å². The zero-order valence-electron chi connectivity index (χ0n) is 13.9. The Hall–Kier alpha value is -2.44. The fourth-order valence-corrected chi connectivity index (χ4v) is 2.73. The van der Waals surface area contributed by atoms with Crippen LogP contribution in [0.5, 0.6) is 0 Å². The largest absolute Gasteiger partial charge is 0.367 e. The monoisotopic (exact) mass is 313 g/mol. The van der Waals surface area contributed by atoms with Crippen molar-refractivity contribution in [2.45, 2.75) is 25.8 Å². The lowest BCUT2D eigenvalue weighted by Gasteiger charge is -2.33. The number of anilines is 3.